The number of nitrogens with zero attached hydrogens (tertiary/aromatic N) is 4. The molecule has 0 amide bonds. The highest BCUT2D eigenvalue weighted by Crippen LogP contribution is 2.25. The van der Waals surface area contributed by atoms with Crippen molar-refractivity contribution in [3.8, 4) is 0 Å². The Morgan fingerprint density at radius 1 is 0.964 bits per heavy atom. The zero-order chi connectivity index (χ0) is 20.1. The van der Waals surface area contributed by atoms with Crippen molar-refractivity contribution in [1.29, 1.82) is 0 Å². The largest absolute Gasteiger partial charge is 0.372 e. The second-order valence-corrected chi connectivity index (χ2v) is 6.21. The Kier molecular flexibility index (Phi) is 5.98. The van der Waals surface area contributed by atoms with Crippen molar-refractivity contribution in [2.45, 2.75) is 20.8 Å². The van der Waals surface area contributed by atoms with Gasteiger partial charge in [0.1, 0.15) is 11.6 Å². The topological polar surface area (TPSA) is 66.0 Å². The number of aromatic nitrogens is 3. The highest BCUT2D eigenvalue weighted by Gasteiger charge is 2.09. The van der Waals surface area contributed by atoms with Gasteiger partial charge in [0.05, 0.1) is 11.9 Å². The van der Waals surface area contributed by atoms with Crippen molar-refractivity contribution < 1.29 is 8.78 Å². The Bertz CT molecular complexity index is 959. The molecule has 0 spiro atoms. The summed E-state index contributed by atoms with van der Waals surface area (Å²) in [6.07, 6.45) is 1.48. The lowest BCUT2D eigenvalue weighted by Gasteiger charge is -2.22. The van der Waals surface area contributed by atoms with Crippen LogP contribution in [0, 0.1) is 18.6 Å². The molecule has 6 nitrogen and oxygen atoms in total. The van der Waals surface area contributed by atoms with Crippen molar-refractivity contribution in [2.75, 3.05) is 28.6 Å². The van der Waals surface area contributed by atoms with Crippen molar-refractivity contribution >= 4 is 28.8 Å². The number of nitrogens with one attached hydrogen (secondary N) is 2. The van der Waals surface area contributed by atoms with Gasteiger partial charge in [-0.15, -0.1) is 5.10 Å². The van der Waals surface area contributed by atoms with E-state index >= 15 is 0 Å². The third kappa shape index (κ3) is 4.51. The molecular formula is C20H22F2N6. The molecule has 0 aliphatic rings. The minimum Gasteiger partial charge on any atom is -0.372 e. The summed E-state index contributed by atoms with van der Waals surface area (Å²) in [5.41, 5.74) is 3.17. The number of rotatable bonds is 7. The van der Waals surface area contributed by atoms with Crippen LogP contribution < -0.4 is 15.5 Å². The molecule has 1 aromatic heterocycles. The molecule has 0 bridgehead atoms. The molecule has 0 aliphatic heterocycles. The highest BCUT2D eigenvalue weighted by molar-refractivity contribution is 5.65. The standard InChI is InChI=1S/C20H22F2N6/c1-4-28(5-2)15-7-9-17(13(3)10-15)24-19-12-23-27-20(26-19)25-18-8-6-14(21)11-16(18)22/h6-12H,4-5H2,1-3H3,(H2,24,25,26,27). The van der Waals surface area contributed by atoms with E-state index in [1.54, 1.807) is 0 Å². The Labute approximate surface area is 162 Å². The Hall–Kier alpha value is -3.29. The highest BCUT2D eigenvalue weighted by atomic mass is 19.1. The lowest BCUT2D eigenvalue weighted by atomic mass is 10.1. The van der Waals surface area contributed by atoms with Crippen LogP contribution in [0.25, 0.3) is 0 Å². The Morgan fingerprint density at radius 2 is 1.71 bits per heavy atom. The maximum absolute atomic E-state index is 13.8. The number of hydrogen-bond donors (Lipinski definition) is 2. The molecule has 2 N–H and O–H groups in total. The molecule has 0 saturated carbocycles. The van der Waals surface area contributed by atoms with Crippen LogP contribution in [0.1, 0.15) is 19.4 Å². The quantitative estimate of drug-likeness (QED) is 0.610. The van der Waals surface area contributed by atoms with Crippen molar-refractivity contribution in [2.24, 2.45) is 0 Å². The van der Waals surface area contributed by atoms with Crippen LogP contribution in [0.5, 0.6) is 0 Å². The predicted molar refractivity (Wildman–Crippen MR) is 107 cm³/mol. The molecule has 1 heterocycles. The lowest BCUT2D eigenvalue weighted by Crippen LogP contribution is -2.21. The molecule has 0 atom stereocenters. The SMILES string of the molecule is CCN(CC)c1ccc(Nc2cnnc(Nc3ccc(F)cc3F)n2)c(C)c1. The minimum absolute atomic E-state index is 0.0695. The predicted octanol–water partition coefficient (Wildman–Crippen LogP) is 4.79. The maximum Gasteiger partial charge on any atom is 0.249 e. The van der Waals surface area contributed by atoms with Crippen LogP contribution in [-0.4, -0.2) is 28.3 Å². The molecule has 3 rings (SSSR count). The Morgan fingerprint density at radius 3 is 2.39 bits per heavy atom. The van der Waals surface area contributed by atoms with Gasteiger partial charge in [0.25, 0.3) is 0 Å². The molecule has 28 heavy (non-hydrogen) atoms. The van der Waals surface area contributed by atoms with Gasteiger partial charge in [-0.2, -0.15) is 10.1 Å². The summed E-state index contributed by atoms with van der Waals surface area (Å²) in [6, 6.07) is 9.36. The summed E-state index contributed by atoms with van der Waals surface area (Å²) in [5.74, 6) is -0.822. The van der Waals surface area contributed by atoms with Crippen LogP contribution in [0.15, 0.2) is 42.6 Å². The van der Waals surface area contributed by atoms with Gasteiger partial charge >= 0.3 is 0 Å². The summed E-state index contributed by atoms with van der Waals surface area (Å²) in [5, 5.41) is 13.6. The Balaban J connectivity index is 1.77. The van der Waals surface area contributed by atoms with Crippen molar-refractivity contribution in [1.82, 2.24) is 15.2 Å². The number of aryl methyl sites for hydroxylation is 1. The smallest absolute Gasteiger partial charge is 0.249 e. The molecule has 0 aliphatic carbocycles. The lowest BCUT2D eigenvalue weighted by molar-refractivity contribution is 0.586. The van der Waals surface area contributed by atoms with Crippen LogP contribution in [0.4, 0.5) is 37.6 Å². The number of anilines is 5. The summed E-state index contributed by atoms with van der Waals surface area (Å²) < 4.78 is 26.8. The van der Waals surface area contributed by atoms with E-state index in [1.807, 2.05) is 19.1 Å². The van der Waals surface area contributed by atoms with Crippen LogP contribution in [0.3, 0.4) is 0 Å². The van der Waals surface area contributed by atoms with Gasteiger partial charge in [-0.3, -0.25) is 0 Å². The molecule has 2 aromatic carbocycles. The minimum atomic E-state index is -0.732. The maximum atomic E-state index is 13.8. The fourth-order valence-corrected chi connectivity index (χ4v) is 2.84. The van der Waals surface area contributed by atoms with Gasteiger partial charge < -0.3 is 15.5 Å². The summed E-state index contributed by atoms with van der Waals surface area (Å²) >= 11 is 0. The van der Waals surface area contributed by atoms with Crippen molar-refractivity contribution in [3.05, 3.63) is 59.8 Å². The summed E-state index contributed by atoms with van der Waals surface area (Å²) in [4.78, 5) is 6.56. The van der Waals surface area contributed by atoms with E-state index in [1.165, 1.54) is 12.3 Å². The normalized spacial score (nSPS) is 10.6. The first kappa shape index (κ1) is 19.5. The molecule has 0 unspecified atom stereocenters. The molecule has 8 heteroatoms. The third-order valence-corrected chi connectivity index (χ3v) is 4.34. The van der Waals surface area contributed by atoms with Crippen molar-refractivity contribution in [3.63, 3.8) is 0 Å². The molecule has 0 radical (unpaired) electrons. The fraction of sp³-hybridized carbons (Fsp3) is 0.250. The average molecular weight is 384 g/mol. The number of hydrogen-bond acceptors (Lipinski definition) is 6. The van der Waals surface area contributed by atoms with Crippen LogP contribution in [-0.2, 0) is 0 Å². The first-order valence-electron chi connectivity index (χ1n) is 9.04. The van der Waals surface area contributed by atoms with E-state index in [2.05, 4.69) is 50.6 Å². The zero-order valence-electron chi connectivity index (χ0n) is 16.0. The van der Waals surface area contributed by atoms with Crippen LogP contribution in [0.2, 0.25) is 0 Å². The summed E-state index contributed by atoms with van der Waals surface area (Å²) in [7, 11) is 0. The second-order valence-electron chi connectivity index (χ2n) is 6.21. The molecule has 0 saturated heterocycles. The fourth-order valence-electron chi connectivity index (χ4n) is 2.84. The first-order chi connectivity index (χ1) is 13.5. The van der Waals surface area contributed by atoms with Crippen LogP contribution >= 0.6 is 0 Å². The monoisotopic (exact) mass is 384 g/mol. The van der Waals surface area contributed by atoms with E-state index in [9.17, 15) is 8.78 Å². The average Bonchev–Trinajstić information content (AvgIpc) is 2.67. The number of benzene rings is 2. The van der Waals surface area contributed by atoms with E-state index in [-0.39, 0.29) is 11.6 Å². The van der Waals surface area contributed by atoms with Gasteiger partial charge in [0.15, 0.2) is 5.82 Å². The summed E-state index contributed by atoms with van der Waals surface area (Å²) in [6.45, 7) is 8.13. The van der Waals surface area contributed by atoms with Gasteiger partial charge in [0, 0.05) is 30.5 Å². The number of halogens is 2. The van der Waals surface area contributed by atoms with Gasteiger partial charge in [-0.05, 0) is 56.7 Å². The first-order valence-corrected chi connectivity index (χ1v) is 9.04. The molecular weight excluding hydrogens is 362 g/mol. The van der Waals surface area contributed by atoms with Gasteiger partial charge in [0.2, 0.25) is 5.95 Å². The third-order valence-electron chi connectivity index (χ3n) is 4.34. The van der Waals surface area contributed by atoms with Gasteiger partial charge in [-0.1, -0.05) is 0 Å². The van der Waals surface area contributed by atoms with Gasteiger partial charge in [-0.25, -0.2) is 8.78 Å². The molecule has 146 valence electrons. The van der Waals surface area contributed by atoms with E-state index in [4.69, 9.17) is 0 Å². The zero-order valence-corrected chi connectivity index (χ0v) is 16.0. The van der Waals surface area contributed by atoms with E-state index in [0.29, 0.717) is 5.82 Å². The van der Waals surface area contributed by atoms with E-state index < -0.39 is 11.6 Å². The molecule has 3 aromatic rings. The van der Waals surface area contributed by atoms with E-state index in [0.717, 1.165) is 42.2 Å². The molecule has 0 fully saturated rings. The second kappa shape index (κ2) is 8.60.